The third-order valence-corrected chi connectivity index (χ3v) is 5.00. The summed E-state index contributed by atoms with van der Waals surface area (Å²) in [6.45, 7) is 4.78. The van der Waals surface area contributed by atoms with Gasteiger partial charge in [0.2, 0.25) is 5.91 Å². The van der Waals surface area contributed by atoms with Crippen molar-refractivity contribution in [2.24, 2.45) is 0 Å². The van der Waals surface area contributed by atoms with E-state index >= 15 is 0 Å². The van der Waals surface area contributed by atoms with Crippen molar-refractivity contribution in [3.63, 3.8) is 0 Å². The molecule has 1 aliphatic rings. The van der Waals surface area contributed by atoms with Gasteiger partial charge in [0.15, 0.2) is 0 Å². The van der Waals surface area contributed by atoms with Gasteiger partial charge >= 0.3 is 0 Å². The van der Waals surface area contributed by atoms with Gasteiger partial charge < -0.3 is 15.6 Å². The van der Waals surface area contributed by atoms with Crippen molar-refractivity contribution in [1.29, 1.82) is 5.26 Å². The van der Waals surface area contributed by atoms with E-state index in [1.807, 2.05) is 12.1 Å². The molecule has 0 saturated carbocycles. The molecule has 2 aromatic rings. The number of benzene rings is 1. The molecule has 6 nitrogen and oxygen atoms in total. The number of anilines is 1. The predicted octanol–water partition coefficient (Wildman–Crippen LogP) is 2.64. The van der Waals surface area contributed by atoms with E-state index in [1.165, 1.54) is 0 Å². The first-order chi connectivity index (χ1) is 12.9. The maximum atomic E-state index is 14.6. The van der Waals surface area contributed by atoms with Crippen molar-refractivity contribution in [3.05, 3.63) is 61.8 Å². The number of fused-ring (bicyclic) bond motifs is 1. The van der Waals surface area contributed by atoms with Gasteiger partial charge in [0.05, 0.1) is 5.69 Å². The summed E-state index contributed by atoms with van der Waals surface area (Å²) in [4.78, 5) is 26.7. The molecule has 8 heteroatoms. The number of carbonyl (C=O) groups is 1. The second-order valence-electron chi connectivity index (χ2n) is 6.71. The van der Waals surface area contributed by atoms with Crippen LogP contribution in [0.15, 0.2) is 16.9 Å². The molecule has 3 rings (SSSR count). The van der Waals surface area contributed by atoms with E-state index in [4.69, 9.17) is 5.26 Å². The average molecular weight is 405 g/mol. The van der Waals surface area contributed by atoms with Crippen LogP contribution in [-0.4, -0.2) is 17.4 Å². The van der Waals surface area contributed by atoms with Gasteiger partial charge in [-0.1, -0.05) is 6.07 Å². The van der Waals surface area contributed by atoms with Crippen LogP contribution in [0.1, 0.15) is 39.9 Å². The van der Waals surface area contributed by atoms with E-state index in [2.05, 4.69) is 15.6 Å². The molecule has 148 valence electrons. The number of carbonyl (C=O) groups excluding carboxylic acids is 1. The Hall–Kier alpha value is -2.69. The van der Waals surface area contributed by atoms with Crippen LogP contribution in [0.2, 0.25) is 0 Å². The van der Waals surface area contributed by atoms with E-state index in [-0.39, 0.29) is 41.8 Å². The molecule has 0 atom stereocenters. The Morgan fingerprint density at radius 1 is 1.36 bits per heavy atom. The van der Waals surface area contributed by atoms with Gasteiger partial charge in [-0.05, 0) is 61.6 Å². The van der Waals surface area contributed by atoms with Crippen molar-refractivity contribution < 1.29 is 9.18 Å². The van der Waals surface area contributed by atoms with Gasteiger partial charge in [-0.3, -0.25) is 9.59 Å². The molecule has 1 aromatic carbocycles. The van der Waals surface area contributed by atoms with E-state index in [0.717, 1.165) is 11.1 Å². The molecule has 0 radical (unpaired) electrons. The Bertz CT molecular complexity index is 1010. The number of nitriles is 1. The minimum Gasteiger partial charge on any atom is -0.325 e. The van der Waals surface area contributed by atoms with Crippen LogP contribution in [0, 0.1) is 31.0 Å². The zero-order valence-electron chi connectivity index (χ0n) is 15.7. The lowest BCUT2D eigenvalue weighted by molar-refractivity contribution is -0.116. The molecule has 3 N–H and O–H groups in total. The summed E-state index contributed by atoms with van der Waals surface area (Å²) < 4.78 is 14.6. The molecular weight excluding hydrogens is 383 g/mol. The van der Waals surface area contributed by atoms with Crippen LogP contribution in [0.4, 0.5) is 10.1 Å². The first-order valence-corrected chi connectivity index (χ1v) is 8.85. The van der Waals surface area contributed by atoms with Crippen LogP contribution in [0.3, 0.4) is 0 Å². The van der Waals surface area contributed by atoms with Crippen LogP contribution < -0.4 is 16.2 Å². The summed E-state index contributed by atoms with van der Waals surface area (Å²) in [5.41, 5.74) is 3.37. The number of nitrogens with zero attached hydrogens (tertiary/aromatic N) is 1. The first-order valence-electron chi connectivity index (χ1n) is 8.85. The van der Waals surface area contributed by atoms with Gasteiger partial charge in [-0.15, -0.1) is 12.4 Å². The van der Waals surface area contributed by atoms with Crippen LogP contribution >= 0.6 is 12.4 Å². The Morgan fingerprint density at radius 3 is 2.82 bits per heavy atom. The van der Waals surface area contributed by atoms with Crippen molar-refractivity contribution in [2.75, 3.05) is 11.9 Å². The highest BCUT2D eigenvalue weighted by Gasteiger charge is 2.18. The van der Waals surface area contributed by atoms with E-state index < -0.39 is 5.56 Å². The number of H-pyrrole nitrogens is 1. The summed E-state index contributed by atoms with van der Waals surface area (Å²) in [7, 11) is 0. The third-order valence-electron chi connectivity index (χ3n) is 5.00. The van der Waals surface area contributed by atoms with E-state index in [0.29, 0.717) is 42.8 Å². The maximum absolute atomic E-state index is 14.6. The summed E-state index contributed by atoms with van der Waals surface area (Å²) in [6, 6.07) is 5.31. The lowest BCUT2D eigenvalue weighted by atomic mass is 9.98. The molecular formula is C20H22ClFN4O2. The summed E-state index contributed by atoms with van der Waals surface area (Å²) >= 11 is 0. The second kappa shape index (κ2) is 9.00. The molecule has 1 aliphatic heterocycles. The lowest BCUT2D eigenvalue weighted by Gasteiger charge is -2.19. The molecule has 2 heterocycles. The molecule has 0 saturated heterocycles. The SMILES string of the molecule is Cc1[nH]c(=O)c(C#N)c(C)c1CCC(=O)Nc1ccc2c(c1F)CCNC2.Cl. The fourth-order valence-corrected chi connectivity index (χ4v) is 3.50. The smallest absolute Gasteiger partial charge is 0.266 e. The van der Waals surface area contributed by atoms with Gasteiger partial charge in [0.1, 0.15) is 17.4 Å². The largest absolute Gasteiger partial charge is 0.325 e. The number of halogens is 2. The van der Waals surface area contributed by atoms with Crippen molar-refractivity contribution >= 4 is 24.0 Å². The molecule has 1 aromatic heterocycles. The Morgan fingerprint density at radius 2 is 2.11 bits per heavy atom. The molecule has 0 bridgehead atoms. The number of hydrogen-bond acceptors (Lipinski definition) is 4. The number of aryl methyl sites for hydroxylation is 1. The number of aromatic nitrogens is 1. The van der Waals surface area contributed by atoms with Gasteiger partial charge in [0, 0.05) is 18.7 Å². The summed E-state index contributed by atoms with van der Waals surface area (Å²) in [5, 5.41) is 14.9. The molecule has 1 amide bonds. The van der Waals surface area contributed by atoms with E-state index in [9.17, 15) is 14.0 Å². The topological polar surface area (TPSA) is 97.8 Å². The Kier molecular flexibility index (Phi) is 6.95. The number of aromatic amines is 1. The Balaban J connectivity index is 0.00000280. The molecule has 0 aliphatic carbocycles. The lowest BCUT2D eigenvalue weighted by Crippen LogP contribution is -2.25. The normalized spacial score (nSPS) is 12.5. The first kappa shape index (κ1) is 21.6. The fourth-order valence-electron chi connectivity index (χ4n) is 3.50. The fraction of sp³-hybridized carbons (Fsp3) is 0.350. The van der Waals surface area contributed by atoms with E-state index in [1.54, 1.807) is 19.9 Å². The monoisotopic (exact) mass is 404 g/mol. The number of amides is 1. The standard InChI is InChI=1S/C20H21FN4O2.ClH/c1-11-14(12(2)24-20(27)16(11)9-22)4-6-18(26)25-17-5-3-13-10-23-8-7-15(13)19(17)21;/h3,5,23H,4,6-8,10H2,1-2H3,(H,24,27)(H,25,26);1H. The minimum absolute atomic E-state index is 0. The average Bonchev–Trinajstić information content (AvgIpc) is 2.64. The van der Waals surface area contributed by atoms with Crippen LogP contribution in [-0.2, 0) is 24.2 Å². The highest BCUT2D eigenvalue weighted by atomic mass is 35.5. The molecule has 28 heavy (non-hydrogen) atoms. The van der Waals surface area contributed by atoms with Crippen molar-refractivity contribution in [2.45, 2.75) is 39.7 Å². The predicted molar refractivity (Wildman–Crippen MR) is 107 cm³/mol. The number of hydrogen-bond donors (Lipinski definition) is 3. The molecule has 0 spiro atoms. The zero-order chi connectivity index (χ0) is 19.6. The summed E-state index contributed by atoms with van der Waals surface area (Å²) in [6.07, 6.45) is 1.07. The number of nitrogens with one attached hydrogen (secondary N) is 3. The third kappa shape index (κ3) is 4.24. The van der Waals surface area contributed by atoms with Crippen molar-refractivity contribution in [3.8, 4) is 6.07 Å². The number of pyridine rings is 1. The van der Waals surface area contributed by atoms with Gasteiger partial charge in [0.25, 0.3) is 5.56 Å². The number of rotatable bonds is 4. The second-order valence-corrected chi connectivity index (χ2v) is 6.71. The minimum atomic E-state index is -0.425. The van der Waals surface area contributed by atoms with Gasteiger partial charge in [-0.2, -0.15) is 5.26 Å². The van der Waals surface area contributed by atoms with Crippen molar-refractivity contribution in [1.82, 2.24) is 10.3 Å². The highest BCUT2D eigenvalue weighted by Crippen LogP contribution is 2.25. The highest BCUT2D eigenvalue weighted by molar-refractivity contribution is 5.91. The van der Waals surface area contributed by atoms with Crippen LogP contribution in [0.5, 0.6) is 0 Å². The zero-order valence-corrected chi connectivity index (χ0v) is 16.6. The Labute approximate surface area is 168 Å². The molecule has 0 fully saturated rings. The van der Waals surface area contributed by atoms with Gasteiger partial charge in [-0.25, -0.2) is 4.39 Å². The van der Waals surface area contributed by atoms with Crippen LogP contribution in [0.25, 0.3) is 0 Å². The quantitative estimate of drug-likeness (QED) is 0.729. The molecule has 0 unspecified atom stereocenters. The summed E-state index contributed by atoms with van der Waals surface area (Å²) in [5.74, 6) is -0.684. The maximum Gasteiger partial charge on any atom is 0.266 e.